The second kappa shape index (κ2) is 5.09. The van der Waals surface area contributed by atoms with E-state index in [1.54, 1.807) is 26.0 Å². The summed E-state index contributed by atoms with van der Waals surface area (Å²) >= 11 is 3.26. The molecule has 1 heterocycles. The molecule has 1 aromatic rings. The van der Waals surface area contributed by atoms with E-state index in [1.807, 2.05) is 4.90 Å². The van der Waals surface area contributed by atoms with Crippen LogP contribution in [0.5, 0.6) is 0 Å². The highest BCUT2D eigenvalue weighted by molar-refractivity contribution is 9.10. The van der Waals surface area contributed by atoms with E-state index in [1.165, 1.54) is 6.07 Å². The Labute approximate surface area is 120 Å². The van der Waals surface area contributed by atoms with Crippen LogP contribution in [0.3, 0.4) is 0 Å². The van der Waals surface area contributed by atoms with Gasteiger partial charge in [0.05, 0.1) is 16.6 Å². The lowest BCUT2D eigenvalue weighted by Gasteiger charge is -2.35. The molecule has 0 radical (unpaired) electrons. The minimum Gasteiger partial charge on any atom is -0.388 e. The van der Waals surface area contributed by atoms with Gasteiger partial charge < -0.3 is 10.0 Å². The quantitative estimate of drug-likeness (QED) is 0.683. The molecule has 1 aromatic carbocycles. The predicted molar refractivity (Wildman–Crippen MR) is 77.5 cm³/mol. The van der Waals surface area contributed by atoms with Crippen molar-refractivity contribution in [3.8, 4) is 0 Å². The Bertz CT molecular complexity index is 499. The molecule has 1 fully saturated rings. The maximum Gasteiger partial charge on any atom is 0.293 e. The van der Waals surface area contributed by atoms with E-state index in [2.05, 4.69) is 15.9 Å². The smallest absolute Gasteiger partial charge is 0.293 e. The summed E-state index contributed by atoms with van der Waals surface area (Å²) in [6.07, 6.45) is 1.78. The average molecular weight is 329 g/mol. The molecule has 1 aliphatic heterocycles. The third kappa shape index (κ3) is 2.90. The Balaban J connectivity index is 2.44. The Morgan fingerprint density at radius 1 is 1.53 bits per heavy atom. The fourth-order valence-electron chi connectivity index (χ4n) is 2.68. The molecule has 0 aliphatic carbocycles. The maximum absolute atomic E-state index is 11.2. The van der Waals surface area contributed by atoms with Crippen LogP contribution in [0.2, 0.25) is 0 Å². The Hall–Kier alpha value is -1.14. The summed E-state index contributed by atoms with van der Waals surface area (Å²) in [4.78, 5) is 12.8. The van der Waals surface area contributed by atoms with Crippen molar-refractivity contribution in [1.82, 2.24) is 0 Å². The molecule has 6 heteroatoms. The van der Waals surface area contributed by atoms with Crippen molar-refractivity contribution in [2.45, 2.75) is 38.3 Å². The number of benzene rings is 1. The van der Waals surface area contributed by atoms with E-state index in [0.717, 1.165) is 19.4 Å². The minimum absolute atomic E-state index is 0.0746. The molecule has 0 spiro atoms. The Morgan fingerprint density at radius 2 is 2.21 bits per heavy atom. The molecule has 1 saturated heterocycles. The van der Waals surface area contributed by atoms with Crippen molar-refractivity contribution in [3.05, 3.63) is 32.8 Å². The number of nitro benzene ring substituents is 1. The monoisotopic (exact) mass is 328 g/mol. The van der Waals surface area contributed by atoms with Crippen LogP contribution in [0, 0.1) is 10.1 Å². The fraction of sp³-hybridized carbons (Fsp3) is 0.538. The van der Waals surface area contributed by atoms with Crippen LogP contribution in [-0.2, 0) is 0 Å². The van der Waals surface area contributed by atoms with Crippen LogP contribution in [0.25, 0.3) is 0 Å². The van der Waals surface area contributed by atoms with E-state index in [9.17, 15) is 15.2 Å². The van der Waals surface area contributed by atoms with Crippen LogP contribution in [-0.4, -0.2) is 28.2 Å². The molecule has 0 aromatic heterocycles. The van der Waals surface area contributed by atoms with Gasteiger partial charge in [-0.3, -0.25) is 10.1 Å². The summed E-state index contributed by atoms with van der Waals surface area (Å²) in [5, 5.41) is 21.4. The van der Waals surface area contributed by atoms with Crippen LogP contribution in [0.15, 0.2) is 22.7 Å². The normalized spacial score (nSPS) is 19.8. The molecule has 0 saturated carbocycles. The zero-order chi connectivity index (χ0) is 14.2. The van der Waals surface area contributed by atoms with Crippen molar-refractivity contribution in [1.29, 1.82) is 0 Å². The van der Waals surface area contributed by atoms with E-state index in [-0.39, 0.29) is 16.7 Å². The standard InChI is InChI=1S/C13H17BrN2O3/c1-13(2,17)12-4-3-7-15(12)10-6-5-9(14)8-11(10)16(18)19/h5-6,8,12,17H,3-4,7H2,1-2H3. The van der Waals surface area contributed by atoms with Crippen molar-refractivity contribution >= 4 is 27.3 Å². The summed E-state index contributed by atoms with van der Waals surface area (Å²) < 4.78 is 0.682. The molecule has 104 valence electrons. The molecule has 1 aliphatic rings. The highest BCUT2D eigenvalue weighted by atomic mass is 79.9. The topological polar surface area (TPSA) is 66.6 Å². The van der Waals surface area contributed by atoms with Crippen LogP contribution >= 0.6 is 15.9 Å². The Kier molecular flexibility index (Phi) is 3.82. The number of hydrogen-bond acceptors (Lipinski definition) is 4. The second-order valence-electron chi connectivity index (χ2n) is 5.40. The first kappa shape index (κ1) is 14.3. The maximum atomic E-state index is 11.2. The lowest BCUT2D eigenvalue weighted by molar-refractivity contribution is -0.384. The van der Waals surface area contributed by atoms with Crippen molar-refractivity contribution in [2.24, 2.45) is 0 Å². The fourth-order valence-corrected chi connectivity index (χ4v) is 3.02. The number of rotatable bonds is 3. The number of aliphatic hydroxyl groups is 1. The third-order valence-electron chi connectivity index (χ3n) is 3.51. The molecule has 19 heavy (non-hydrogen) atoms. The summed E-state index contributed by atoms with van der Waals surface area (Å²) in [6.45, 7) is 4.23. The van der Waals surface area contributed by atoms with Gasteiger partial charge in [0.15, 0.2) is 0 Å². The first-order valence-electron chi connectivity index (χ1n) is 6.23. The van der Waals surface area contributed by atoms with Gasteiger partial charge >= 0.3 is 0 Å². The van der Waals surface area contributed by atoms with Gasteiger partial charge in [-0.05, 0) is 38.8 Å². The zero-order valence-electron chi connectivity index (χ0n) is 11.0. The van der Waals surface area contributed by atoms with Crippen LogP contribution in [0.4, 0.5) is 11.4 Å². The number of hydrogen-bond donors (Lipinski definition) is 1. The van der Waals surface area contributed by atoms with Gasteiger partial charge in [-0.25, -0.2) is 0 Å². The molecule has 5 nitrogen and oxygen atoms in total. The van der Waals surface area contributed by atoms with Gasteiger partial charge in [0.2, 0.25) is 0 Å². The Morgan fingerprint density at radius 3 is 2.79 bits per heavy atom. The van der Waals surface area contributed by atoms with Gasteiger partial charge in [0, 0.05) is 17.1 Å². The molecule has 2 rings (SSSR count). The van der Waals surface area contributed by atoms with E-state index >= 15 is 0 Å². The van der Waals surface area contributed by atoms with E-state index in [0.29, 0.717) is 10.2 Å². The SMILES string of the molecule is CC(C)(O)C1CCCN1c1ccc(Br)cc1[N+](=O)[O-]. The largest absolute Gasteiger partial charge is 0.388 e. The molecule has 1 unspecified atom stereocenters. The first-order chi connectivity index (χ1) is 8.80. The lowest BCUT2D eigenvalue weighted by atomic mass is 9.96. The van der Waals surface area contributed by atoms with Gasteiger partial charge in [-0.2, -0.15) is 0 Å². The van der Waals surface area contributed by atoms with Gasteiger partial charge in [-0.1, -0.05) is 15.9 Å². The van der Waals surface area contributed by atoms with Crippen molar-refractivity contribution < 1.29 is 10.0 Å². The van der Waals surface area contributed by atoms with E-state index < -0.39 is 5.60 Å². The lowest BCUT2D eigenvalue weighted by Crippen LogP contribution is -2.45. The predicted octanol–water partition coefficient (Wildman–Crippen LogP) is 3.10. The van der Waals surface area contributed by atoms with Crippen LogP contribution < -0.4 is 4.90 Å². The highest BCUT2D eigenvalue weighted by Crippen LogP contribution is 2.38. The average Bonchev–Trinajstić information content (AvgIpc) is 2.77. The molecule has 0 amide bonds. The number of anilines is 1. The first-order valence-corrected chi connectivity index (χ1v) is 7.03. The minimum atomic E-state index is -0.878. The zero-order valence-corrected chi connectivity index (χ0v) is 12.6. The molecule has 1 atom stereocenters. The van der Waals surface area contributed by atoms with Gasteiger partial charge in [0.1, 0.15) is 5.69 Å². The summed E-state index contributed by atoms with van der Waals surface area (Å²) in [5.41, 5.74) is -0.222. The van der Waals surface area contributed by atoms with Gasteiger partial charge in [-0.15, -0.1) is 0 Å². The number of halogens is 1. The molecule has 1 N–H and O–H groups in total. The third-order valence-corrected chi connectivity index (χ3v) is 4.01. The second-order valence-corrected chi connectivity index (χ2v) is 6.31. The summed E-state index contributed by atoms with van der Waals surface area (Å²) in [5.74, 6) is 0. The summed E-state index contributed by atoms with van der Waals surface area (Å²) in [6, 6.07) is 4.95. The molecule has 0 bridgehead atoms. The van der Waals surface area contributed by atoms with E-state index in [4.69, 9.17) is 0 Å². The summed E-state index contributed by atoms with van der Waals surface area (Å²) in [7, 11) is 0. The molecular weight excluding hydrogens is 312 g/mol. The van der Waals surface area contributed by atoms with Crippen molar-refractivity contribution in [2.75, 3.05) is 11.4 Å². The molecular formula is C13H17BrN2O3. The van der Waals surface area contributed by atoms with Crippen LogP contribution in [0.1, 0.15) is 26.7 Å². The highest BCUT2D eigenvalue weighted by Gasteiger charge is 2.38. The van der Waals surface area contributed by atoms with Gasteiger partial charge in [0.25, 0.3) is 5.69 Å². The number of nitro groups is 1. The van der Waals surface area contributed by atoms with Crippen molar-refractivity contribution in [3.63, 3.8) is 0 Å². The number of nitrogens with zero attached hydrogens (tertiary/aromatic N) is 2.